The Kier molecular flexibility index (Phi) is 8.34. The van der Waals surface area contributed by atoms with Gasteiger partial charge in [-0.3, -0.25) is 9.98 Å². The Balaban J connectivity index is 3.60. The highest BCUT2D eigenvalue weighted by atomic mass is 32.2. The molecule has 0 heterocycles. The van der Waals surface area contributed by atoms with E-state index < -0.39 is 30.6 Å². The first kappa shape index (κ1) is 23.5. The number of hydrogen-bond acceptors (Lipinski definition) is 4. The molecular formula is C17H20F6N2OS. The third kappa shape index (κ3) is 6.24. The third-order valence-electron chi connectivity index (χ3n) is 3.59. The molecule has 0 saturated carbocycles. The van der Waals surface area contributed by atoms with Crippen LogP contribution in [0.5, 0.6) is 0 Å². The zero-order chi connectivity index (χ0) is 20.8. The van der Waals surface area contributed by atoms with Gasteiger partial charge in [0.1, 0.15) is 6.61 Å². The first-order valence-corrected chi connectivity index (χ1v) is 9.11. The van der Waals surface area contributed by atoms with Crippen molar-refractivity contribution in [3.05, 3.63) is 28.8 Å². The third-order valence-corrected chi connectivity index (χ3v) is 4.38. The van der Waals surface area contributed by atoms with Crippen molar-refractivity contribution in [2.24, 2.45) is 9.98 Å². The maximum Gasteiger partial charge on any atom is 0.418 e. The molecule has 10 heteroatoms. The lowest BCUT2D eigenvalue weighted by molar-refractivity contribution is -0.257. The fourth-order valence-electron chi connectivity index (χ4n) is 2.62. The number of aliphatic imine (C=N–C) groups is 2. The molecule has 27 heavy (non-hydrogen) atoms. The summed E-state index contributed by atoms with van der Waals surface area (Å²) in [5.41, 5.74) is 0.416. The van der Waals surface area contributed by atoms with E-state index in [1.165, 1.54) is 17.8 Å². The molecule has 0 aliphatic rings. The average Bonchev–Trinajstić information content (AvgIpc) is 2.55. The summed E-state index contributed by atoms with van der Waals surface area (Å²) >= 11 is 1.30. The standard InChI is InChI=1S/C17H20F6N2OS/c1-5-6-10-11(15(25-3)27-4)7-8-12(13(10)24-2)14(17(21,22)23)26-9-16(18,19)20/h7-8,14H,2,5-6,9H2,1,3-4H3. The Morgan fingerprint density at radius 2 is 1.85 bits per heavy atom. The van der Waals surface area contributed by atoms with Crippen LogP contribution in [0, 0.1) is 0 Å². The highest BCUT2D eigenvalue weighted by Gasteiger charge is 2.45. The van der Waals surface area contributed by atoms with Gasteiger partial charge in [-0.2, -0.15) is 26.3 Å². The van der Waals surface area contributed by atoms with Crippen molar-refractivity contribution in [2.45, 2.75) is 38.2 Å². The zero-order valence-electron chi connectivity index (χ0n) is 15.0. The summed E-state index contributed by atoms with van der Waals surface area (Å²) in [6, 6.07) is 2.48. The van der Waals surface area contributed by atoms with Gasteiger partial charge in [-0.1, -0.05) is 25.5 Å². The van der Waals surface area contributed by atoms with Crippen molar-refractivity contribution in [3.8, 4) is 0 Å². The number of hydrogen-bond donors (Lipinski definition) is 0. The predicted molar refractivity (Wildman–Crippen MR) is 96.4 cm³/mol. The van der Waals surface area contributed by atoms with Crippen LogP contribution < -0.4 is 0 Å². The molecule has 0 bridgehead atoms. The molecule has 0 N–H and O–H groups in total. The van der Waals surface area contributed by atoms with E-state index in [9.17, 15) is 26.3 Å². The van der Waals surface area contributed by atoms with Gasteiger partial charge in [0.05, 0.1) is 10.7 Å². The Bertz CT molecular complexity index is 685. The Hall–Kier alpha value is -1.55. The molecule has 0 radical (unpaired) electrons. The zero-order valence-corrected chi connectivity index (χ0v) is 15.9. The number of nitrogens with zero attached hydrogens (tertiary/aromatic N) is 2. The number of rotatable bonds is 7. The molecule has 3 nitrogen and oxygen atoms in total. The van der Waals surface area contributed by atoms with Crippen LogP contribution in [0.25, 0.3) is 0 Å². The molecule has 1 aromatic rings. The Labute approximate surface area is 157 Å². The number of halogens is 6. The van der Waals surface area contributed by atoms with Crippen molar-refractivity contribution in [1.29, 1.82) is 0 Å². The molecule has 1 rings (SSSR count). The van der Waals surface area contributed by atoms with Gasteiger partial charge in [0.2, 0.25) is 0 Å². The van der Waals surface area contributed by atoms with E-state index in [0.29, 0.717) is 29.0 Å². The quantitative estimate of drug-likeness (QED) is 0.317. The first-order chi connectivity index (χ1) is 12.5. The monoisotopic (exact) mass is 414 g/mol. The van der Waals surface area contributed by atoms with Crippen molar-refractivity contribution in [1.82, 2.24) is 0 Å². The fourth-order valence-corrected chi connectivity index (χ4v) is 3.21. The molecule has 0 spiro atoms. The van der Waals surface area contributed by atoms with Crippen LogP contribution in [0.2, 0.25) is 0 Å². The molecule has 0 aromatic heterocycles. The normalized spacial score (nSPS) is 14.3. The van der Waals surface area contributed by atoms with E-state index in [1.54, 1.807) is 13.3 Å². The molecule has 0 saturated heterocycles. The summed E-state index contributed by atoms with van der Waals surface area (Å²) < 4.78 is 81.7. The van der Waals surface area contributed by atoms with Crippen LogP contribution >= 0.6 is 11.8 Å². The minimum atomic E-state index is -5.04. The van der Waals surface area contributed by atoms with E-state index in [-0.39, 0.29) is 5.69 Å². The van der Waals surface area contributed by atoms with E-state index in [1.807, 2.05) is 6.92 Å². The van der Waals surface area contributed by atoms with Crippen molar-refractivity contribution >= 4 is 29.2 Å². The topological polar surface area (TPSA) is 34.0 Å². The molecule has 0 amide bonds. The van der Waals surface area contributed by atoms with Crippen LogP contribution in [0.4, 0.5) is 32.0 Å². The lowest BCUT2D eigenvalue weighted by atomic mass is 9.94. The highest BCUT2D eigenvalue weighted by Crippen LogP contribution is 2.43. The average molecular weight is 414 g/mol. The lowest BCUT2D eigenvalue weighted by Gasteiger charge is -2.25. The lowest BCUT2D eigenvalue weighted by Crippen LogP contribution is -2.28. The molecule has 0 fully saturated rings. The van der Waals surface area contributed by atoms with Gasteiger partial charge >= 0.3 is 12.4 Å². The second kappa shape index (κ2) is 9.59. The maximum absolute atomic E-state index is 13.4. The van der Waals surface area contributed by atoms with Crippen LogP contribution in [-0.2, 0) is 11.2 Å². The van der Waals surface area contributed by atoms with E-state index >= 15 is 0 Å². The number of benzene rings is 1. The summed E-state index contributed by atoms with van der Waals surface area (Å²) in [6.07, 6.45) is -9.99. The van der Waals surface area contributed by atoms with Gasteiger partial charge in [0, 0.05) is 18.2 Å². The van der Waals surface area contributed by atoms with Gasteiger partial charge in [-0.05, 0) is 25.0 Å². The van der Waals surface area contributed by atoms with Crippen LogP contribution in [0.1, 0.15) is 36.1 Å². The van der Waals surface area contributed by atoms with Crippen molar-refractivity contribution in [2.75, 3.05) is 19.9 Å². The van der Waals surface area contributed by atoms with Gasteiger partial charge in [-0.15, -0.1) is 11.8 Å². The molecule has 1 atom stereocenters. The molecule has 1 unspecified atom stereocenters. The largest absolute Gasteiger partial charge is 0.418 e. The molecule has 0 aliphatic heterocycles. The maximum atomic E-state index is 13.4. The van der Waals surface area contributed by atoms with E-state index in [2.05, 4.69) is 21.4 Å². The molecule has 0 aliphatic carbocycles. The minimum absolute atomic E-state index is 0.117. The van der Waals surface area contributed by atoms with Gasteiger partial charge in [-0.25, -0.2) is 0 Å². The van der Waals surface area contributed by atoms with Crippen molar-refractivity contribution < 1.29 is 31.1 Å². The summed E-state index contributed by atoms with van der Waals surface area (Å²) in [6.45, 7) is 3.12. The highest BCUT2D eigenvalue weighted by molar-refractivity contribution is 8.13. The summed E-state index contributed by atoms with van der Waals surface area (Å²) in [5, 5.41) is 0.578. The van der Waals surface area contributed by atoms with E-state index in [4.69, 9.17) is 0 Å². The van der Waals surface area contributed by atoms with Crippen LogP contribution in [-0.4, -0.2) is 44.0 Å². The van der Waals surface area contributed by atoms with Crippen LogP contribution in [0.3, 0.4) is 0 Å². The van der Waals surface area contributed by atoms with E-state index in [0.717, 1.165) is 6.07 Å². The second-order valence-electron chi connectivity index (χ2n) is 5.52. The second-order valence-corrected chi connectivity index (χ2v) is 6.31. The van der Waals surface area contributed by atoms with Gasteiger partial charge in [0.15, 0.2) is 6.10 Å². The summed E-state index contributed by atoms with van der Waals surface area (Å²) in [4.78, 5) is 7.81. The summed E-state index contributed by atoms with van der Waals surface area (Å²) in [7, 11) is 1.54. The van der Waals surface area contributed by atoms with Crippen molar-refractivity contribution in [3.63, 3.8) is 0 Å². The fraction of sp³-hybridized carbons (Fsp3) is 0.529. The minimum Gasteiger partial charge on any atom is -0.355 e. The number of ether oxygens (including phenoxy) is 1. The predicted octanol–water partition coefficient (Wildman–Crippen LogP) is 5.89. The number of alkyl halides is 6. The van der Waals surface area contributed by atoms with Crippen LogP contribution in [0.15, 0.2) is 22.1 Å². The summed E-state index contributed by atoms with van der Waals surface area (Å²) in [5.74, 6) is 0. The Morgan fingerprint density at radius 1 is 1.22 bits per heavy atom. The SMILES string of the molecule is C=Nc1c(C(OCC(F)(F)F)C(F)(F)F)ccc(C(=NC)SC)c1CCC. The van der Waals surface area contributed by atoms with Gasteiger partial charge < -0.3 is 4.74 Å². The van der Waals surface area contributed by atoms with Gasteiger partial charge in [0.25, 0.3) is 0 Å². The number of thioether (sulfide) groups is 1. The molecule has 1 aromatic carbocycles. The molecule has 152 valence electrons. The first-order valence-electron chi connectivity index (χ1n) is 7.88. The Morgan fingerprint density at radius 3 is 2.26 bits per heavy atom. The smallest absolute Gasteiger partial charge is 0.355 e. The molecular weight excluding hydrogens is 394 g/mol.